The molecule has 3 rings (SSSR count). The van der Waals surface area contributed by atoms with E-state index in [0.717, 1.165) is 18.5 Å². The van der Waals surface area contributed by atoms with E-state index < -0.39 is 0 Å². The third-order valence-corrected chi connectivity index (χ3v) is 5.05. The van der Waals surface area contributed by atoms with Gasteiger partial charge in [-0.15, -0.1) is 0 Å². The van der Waals surface area contributed by atoms with Gasteiger partial charge in [0.05, 0.1) is 12.0 Å². The van der Waals surface area contributed by atoms with Gasteiger partial charge in [0.1, 0.15) is 5.69 Å². The minimum Gasteiger partial charge on any atom is -0.377 e. The quantitative estimate of drug-likeness (QED) is 0.901. The third-order valence-electron chi connectivity index (χ3n) is 5.05. The SMILES string of the molecule is CC[C@@H]1OCC[C@H]1C(=O)N1CCN(C(=O)c2cc(C)[nH]n2)C[C@H]1C. The average molecular weight is 334 g/mol. The lowest BCUT2D eigenvalue weighted by atomic mass is 9.96. The van der Waals surface area contributed by atoms with Crippen LogP contribution in [0.25, 0.3) is 0 Å². The molecule has 1 aromatic heterocycles. The van der Waals surface area contributed by atoms with Gasteiger partial charge in [-0.2, -0.15) is 5.10 Å². The number of ether oxygens (including phenoxy) is 1. The predicted molar refractivity (Wildman–Crippen MR) is 88.5 cm³/mol. The second kappa shape index (κ2) is 6.93. The summed E-state index contributed by atoms with van der Waals surface area (Å²) in [5.41, 5.74) is 1.31. The molecule has 7 nitrogen and oxygen atoms in total. The van der Waals surface area contributed by atoms with Crippen LogP contribution < -0.4 is 0 Å². The molecule has 1 N–H and O–H groups in total. The van der Waals surface area contributed by atoms with Crippen molar-refractivity contribution in [1.29, 1.82) is 0 Å². The van der Waals surface area contributed by atoms with Crippen LogP contribution in [0.15, 0.2) is 6.07 Å². The molecule has 0 unspecified atom stereocenters. The molecule has 0 bridgehead atoms. The minimum absolute atomic E-state index is 0.00773. The van der Waals surface area contributed by atoms with Crippen LogP contribution in [0.4, 0.5) is 0 Å². The van der Waals surface area contributed by atoms with E-state index in [1.165, 1.54) is 0 Å². The van der Waals surface area contributed by atoms with Crippen molar-refractivity contribution < 1.29 is 14.3 Å². The highest BCUT2D eigenvalue weighted by molar-refractivity contribution is 5.92. The fourth-order valence-corrected chi connectivity index (χ4v) is 3.71. The maximum Gasteiger partial charge on any atom is 0.274 e. The van der Waals surface area contributed by atoms with Crippen LogP contribution in [0.1, 0.15) is 42.9 Å². The lowest BCUT2D eigenvalue weighted by Crippen LogP contribution is -2.57. The van der Waals surface area contributed by atoms with Crippen molar-refractivity contribution in [1.82, 2.24) is 20.0 Å². The maximum atomic E-state index is 12.9. The summed E-state index contributed by atoms with van der Waals surface area (Å²) >= 11 is 0. The summed E-state index contributed by atoms with van der Waals surface area (Å²) in [6.45, 7) is 8.26. The fourth-order valence-electron chi connectivity index (χ4n) is 3.71. The van der Waals surface area contributed by atoms with Gasteiger partial charge in [0.2, 0.25) is 5.91 Å². The molecule has 0 spiro atoms. The zero-order chi connectivity index (χ0) is 17.3. The summed E-state index contributed by atoms with van der Waals surface area (Å²) in [6, 6.07) is 1.76. The number of hydrogen-bond donors (Lipinski definition) is 1. The summed E-state index contributed by atoms with van der Waals surface area (Å²) < 4.78 is 5.66. The molecule has 2 aliphatic rings. The number of aromatic amines is 1. The van der Waals surface area contributed by atoms with Crippen LogP contribution in [-0.2, 0) is 9.53 Å². The Morgan fingerprint density at radius 1 is 1.42 bits per heavy atom. The Kier molecular flexibility index (Phi) is 4.89. The lowest BCUT2D eigenvalue weighted by molar-refractivity contribution is -0.141. The Bertz CT molecular complexity index is 615. The molecular weight excluding hydrogens is 308 g/mol. The van der Waals surface area contributed by atoms with Gasteiger partial charge in [-0.25, -0.2) is 0 Å². The second-order valence-electron chi connectivity index (χ2n) is 6.78. The van der Waals surface area contributed by atoms with Gasteiger partial charge in [0.15, 0.2) is 0 Å². The largest absolute Gasteiger partial charge is 0.377 e. The smallest absolute Gasteiger partial charge is 0.274 e. The first-order chi connectivity index (χ1) is 11.5. The molecule has 2 saturated heterocycles. The molecule has 0 saturated carbocycles. The molecule has 0 aliphatic carbocycles. The normalized spacial score (nSPS) is 27.5. The number of aromatic nitrogens is 2. The third kappa shape index (κ3) is 3.17. The zero-order valence-electron chi connectivity index (χ0n) is 14.6. The molecule has 2 aliphatic heterocycles. The molecule has 3 heterocycles. The summed E-state index contributed by atoms with van der Waals surface area (Å²) in [6.07, 6.45) is 1.70. The van der Waals surface area contributed by atoms with Gasteiger partial charge >= 0.3 is 0 Å². The Balaban J connectivity index is 1.63. The summed E-state index contributed by atoms with van der Waals surface area (Å²) in [5.74, 6) is 0.0668. The van der Waals surface area contributed by atoms with Gasteiger partial charge in [0, 0.05) is 38.0 Å². The highest BCUT2D eigenvalue weighted by atomic mass is 16.5. The Morgan fingerprint density at radius 3 is 2.83 bits per heavy atom. The summed E-state index contributed by atoms with van der Waals surface area (Å²) in [7, 11) is 0. The molecule has 24 heavy (non-hydrogen) atoms. The van der Waals surface area contributed by atoms with Gasteiger partial charge in [0.25, 0.3) is 5.91 Å². The van der Waals surface area contributed by atoms with Crippen molar-refractivity contribution in [2.75, 3.05) is 26.2 Å². The molecule has 132 valence electrons. The summed E-state index contributed by atoms with van der Waals surface area (Å²) in [4.78, 5) is 29.1. The van der Waals surface area contributed by atoms with Gasteiger partial charge in [-0.1, -0.05) is 6.92 Å². The van der Waals surface area contributed by atoms with E-state index in [1.807, 2.05) is 18.7 Å². The van der Waals surface area contributed by atoms with Gasteiger partial charge in [-0.05, 0) is 32.8 Å². The van der Waals surface area contributed by atoms with E-state index in [4.69, 9.17) is 4.74 Å². The number of nitrogens with zero attached hydrogens (tertiary/aromatic N) is 3. The number of amides is 2. The average Bonchev–Trinajstić information content (AvgIpc) is 3.22. The van der Waals surface area contributed by atoms with E-state index in [-0.39, 0.29) is 29.9 Å². The first-order valence-corrected chi connectivity index (χ1v) is 8.74. The number of H-pyrrole nitrogens is 1. The van der Waals surface area contributed by atoms with Crippen molar-refractivity contribution in [2.45, 2.75) is 45.8 Å². The number of rotatable bonds is 3. The Hall–Kier alpha value is -1.89. The van der Waals surface area contributed by atoms with E-state index in [9.17, 15) is 9.59 Å². The van der Waals surface area contributed by atoms with E-state index in [0.29, 0.717) is 31.9 Å². The van der Waals surface area contributed by atoms with Crippen molar-refractivity contribution in [3.63, 3.8) is 0 Å². The number of hydrogen-bond acceptors (Lipinski definition) is 4. The van der Waals surface area contributed by atoms with Gasteiger partial charge < -0.3 is 14.5 Å². The van der Waals surface area contributed by atoms with E-state index in [1.54, 1.807) is 11.0 Å². The predicted octanol–water partition coefficient (Wildman–Crippen LogP) is 1.21. The van der Waals surface area contributed by atoms with Crippen molar-refractivity contribution in [3.05, 3.63) is 17.5 Å². The van der Waals surface area contributed by atoms with Gasteiger partial charge in [-0.3, -0.25) is 14.7 Å². The lowest BCUT2D eigenvalue weighted by Gasteiger charge is -2.41. The zero-order valence-corrected chi connectivity index (χ0v) is 14.6. The van der Waals surface area contributed by atoms with Crippen molar-refractivity contribution in [3.8, 4) is 0 Å². The maximum absolute atomic E-state index is 12.9. The summed E-state index contributed by atoms with van der Waals surface area (Å²) in [5, 5.41) is 6.84. The van der Waals surface area contributed by atoms with E-state index >= 15 is 0 Å². The molecular formula is C17H26N4O3. The van der Waals surface area contributed by atoms with Crippen LogP contribution in [0.5, 0.6) is 0 Å². The molecule has 0 aromatic carbocycles. The van der Waals surface area contributed by atoms with E-state index in [2.05, 4.69) is 17.1 Å². The number of nitrogens with one attached hydrogen (secondary N) is 1. The minimum atomic E-state index is -0.0751. The first-order valence-electron chi connectivity index (χ1n) is 8.74. The molecule has 0 radical (unpaired) electrons. The molecule has 2 amide bonds. The number of carbonyl (C=O) groups excluding carboxylic acids is 2. The highest BCUT2D eigenvalue weighted by Gasteiger charge is 2.39. The number of piperazine rings is 1. The van der Waals surface area contributed by atoms with Crippen LogP contribution in [0.3, 0.4) is 0 Å². The van der Waals surface area contributed by atoms with Crippen molar-refractivity contribution in [2.24, 2.45) is 5.92 Å². The second-order valence-corrected chi connectivity index (χ2v) is 6.78. The molecule has 2 fully saturated rings. The standard InChI is InChI=1S/C17H26N4O3/c1-4-15-13(5-8-24-15)16(22)21-7-6-20(10-12(21)3)17(23)14-9-11(2)18-19-14/h9,12-13,15H,4-8,10H2,1-3H3,(H,18,19)/t12-,13-,15+/m1/s1. The Morgan fingerprint density at radius 2 is 2.21 bits per heavy atom. The molecule has 3 atom stereocenters. The Labute approximate surface area is 142 Å². The van der Waals surface area contributed by atoms with Crippen LogP contribution in [0, 0.1) is 12.8 Å². The molecule has 7 heteroatoms. The number of carbonyl (C=O) groups is 2. The van der Waals surface area contributed by atoms with Crippen LogP contribution in [-0.4, -0.2) is 70.2 Å². The van der Waals surface area contributed by atoms with Crippen LogP contribution >= 0.6 is 0 Å². The van der Waals surface area contributed by atoms with Crippen LogP contribution in [0.2, 0.25) is 0 Å². The monoisotopic (exact) mass is 334 g/mol. The highest BCUT2D eigenvalue weighted by Crippen LogP contribution is 2.27. The fraction of sp³-hybridized carbons (Fsp3) is 0.706. The first kappa shape index (κ1) is 17.0. The topological polar surface area (TPSA) is 78.5 Å². The molecule has 1 aromatic rings. The van der Waals surface area contributed by atoms with Crippen molar-refractivity contribution >= 4 is 11.8 Å². The number of aryl methyl sites for hydroxylation is 1.